The molecule has 1 aromatic heterocycles. The van der Waals surface area contributed by atoms with E-state index in [1.165, 1.54) is 0 Å². The molecule has 0 radical (unpaired) electrons. The number of nitrogens with zero attached hydrogens (tertiary/aromatic N) is 1. The predicted octanol–water partition coefficient (Wildman–Crippen LogP) is 2.71. The number of thiazole rings is 1. The van der Waals surface area contributed by atoms with Crippen LogP contribution in [0.15, 0.2) is 0 Å². The zero-order chi connectivity index (χ0) is 7.72. The molecule has 56 valence electrons. The number of hydrogen-bond acceptors (Lipinski definition) is 2. The predicted molar refractivity (Wildman–Crippen MR) is 40.9 cm³/mol. The molecule has 0 amide bonds. The van der Waals surface area contributed by atoms with E-state index < -0.39 is 0 Å². The van der Waals surface area contributed by atoms with Gasteiger partial charge in [0, 0.05) is 5.92 Å². The Kier molecular flexibility index (Phi) is 2.04. The Hall–Kier alpha value is -0.440. The van der Waals surface area contributed by atoms with Crippen molar-refractivity contribution in [3.05, 3.63) is 15.8 Å². The molecule has 0 unspecified atom stereocenters. The van der Waals surface area contributed by atoms with E-state index in [2.05, 4.69) is 4.98 Å². The van der Waals surface area contributed by atoms with Gasteiger partial charge in [-0.25, -0.2) is 4.98 Å². The Labute approximate surface area is 63.9 Å². The fourth-order valence-electron chi connectivity index (χ4n) is 0.645. The molecule has 0 fully saturated rings. The van der Waals surface area contributed by atoms with Crippen molar-refractivity contribution < 1.29 is 4.39 Å². The van der Waals surface area contributed by atoms with Crippen molar-refractivity contribution in [3.63, 3.8) is 0 Å². The van der Waals surface area contributed by atoms with Crippen molar-refractivity contribution in [1.82, 2.24) is 4.98 Å². The highest BCUT2D eigenvalue weighted by Crippen LogP contribution is 2.22. The van der Waals surface area contributed by atoms with Gasteiger partial charge in [-0.15, -0.1) is 0 Å². The Morgan fingerprint density at radius 1 is 1.50 bits per heavy atom. The third-order valence-electron chi connectivity index (χ3n) is 1.25. The summed E-state index contributed by atoms with van der Waals surface area (Å²) >= 11 is 1.14. The van der Waals surface area contributed by atoms with E-state index in [1.807, 2.05) is 13.8 Å². The molecule has 0 spiro atoms. The van der Waals surface area contributed by atoms with Crippen molar-refractivity contribution >= 4 is 11.3 Å². The molecular formula is C7H10FNS. The van der Waals surface area contributed by atoms with Crippen molar-refractivity contribution in [2.45, 2.75) is 26.7 Å². The number of halogens is 1. The van der Waals surface area contributed by atoms with Crippen LogP contribution >= 0.6 is 11.3 Å². The summed E-state index contributed by atoms with van der Waals surface area (Å²) in [4.78, 5) is 4.05. The zero-order valence-corrected chi connectivity index (χ0v) is 7.13. The molecule has 0 aromatic carbocycles. The van der Waals surface area contributed by atoms with E-state index in [4.69, 9.17) is 0 Å². The molecule has 1 nitrogen and oxygen atoms in total. The summed E-state index contributed by atoms with van der Waals surface area (Å²) in [7, 11) is 0. The van der Waals surface area contributed by atoms with Gasteiger partial charge in [0.05, 0.1) is 10.7 Å². The molecule has 0 atom stereocenters. The maximum Gasteiger partial charge on any atom is 0.199 e. The first-order valence-corrected chi connectivity index (χ1v) is 4.05. The first-order valence-electron chi connectivity index (χ1n) is 3.24. The van der Waals surface area contributed by atoms with Crippen molar-refractivity contribution in [2.24, 2.45) is 0 Å². The van der Waals surface area contributed by atoms with Crippen molar-refractivity contribution in [1.29, 1.82) is 0 Å². The molecule has 1 aromatic rings. The van der Waals surface area contributed by atoms with E-state index in [9.17, 15) is 4.39 Å². The largest absolute Gasteiger partial charge is 0.243 e. The Morgan fingerprint density at radius 2 is 2.10 bits per heavy atom. The molecule has 0 bridgehead atoms. The molecule has 0 N–H and O–H groups in total. The van der Waals surface area contributed by atoms with Crippen molar-refractivity contribution in [3.8, 4) is 0 Å². The first kappa shape index (κ1) is 7.66. The van der Waals surface area contributed by atoms with Gasteiger partial charge in [0.25, 0.3) is 0 Å². The van der Waals surface area contributed by atoms with Gasteiger partial charge in [-0.3, -0.25) is 0 Å². The third kappa shape index (κ3) is 1.34. The molecule has 3 heteroatoms. The van der Waals surface area contributed by atoms with Crippen LogP contribution < -0.4 is 0 Å². The lowest BCUT2D eigenvalue weighted by Crippen LogP contribution is -1.84. The SMILES string of the molecule is Cc1nc(C(C)C)sc1F. The topological polar surface area (TPSA) is 12.9 Å². The van der Waals surface area contributed by atoms with E-state index in [0.717, 1.165) is 16.3 Å². The van der Waals surface area contributed by atoms with Gasteiger partial charge >= 0.3 is 0 Å². The summed E-state index contributed by atoms with van der Waals surface area (Å²) in [5.41, 5.74) is 0.522. The van der Waals surface area contributed by atoms with Gasteiger partial charge in [0.15, 0.2) is 5.13 Å². The lowest BCUT2D eigenvalue weighted by Gasteiger charge is -1.94. The first-order chi connectivity index (χ1) is 4.61. The summed E-state index contributed by atoms with van der Waals surface area (Å²) < 4.78 is 12.7. The van der Waals surface area contributed by atoms with E-state index in [-0.39, 0.29) is 5.13 Å². The number of hydrogen-bond donors (Lipinski definition) is 0. The van der Waals surface area contributed by atoms with Crippen LogP contribution in [0.4, 0.5) is 4.39 Å². The van der Waals surface area contributed by atoms with Crippen LogP contribution in [0, 0.1) is 12.1 Å². The lowest BCUT2D eigenvalue weighted by molar-refractivity contribution is 0.642. The minimum atomic E-state index is -0.149. The Balaban J connectivity index is 2.98. The van der Waals surface area contributed by atoms with Gasteiger partial charge in [-0.1, -0.05) is 25.2 Å². The monoisotopic (exact) mass is 159 g/mol. The molecule has 1 heterocycles. The van der Waals surface area contributed by atoms with Crippen LogP contribution in [0.1, 0.15) is 30.5 Å². The summed E-state index contributed by atoms with van der Waals surface area (Å²) in [5.74, 6) is 0.341. The van der Waals surface area contributed by atoms with Gasteiger partial charge in [-0.2, -0.15) is 4.39 Å². The molecule has 0 aliphatic heterocycles. The molecule has 0 saturated heterocycles. The molecular weight excluding hydrogens is 149 g/mol. The molecule has 10 heavy (non-hydrogen) atoms. The third-order valence-corrected chi connectivity index (χ3v) is 2.50. The summed E-state index contributed by atoms with van der Waals surface area (Å²) in [6.45, 7) is 5.72. The van der Waals surface area contributed by atoms with Crippen LogP contribution in [0.2, 0.25) is 0 Å². The average Bonchev–Trinajstić information content (AvgIpc) is 2.13. The summed E-state index contributed by atoms with van der Waals surface area (Å²) in [5, 5.41) is 0.735. The maximum absolute atomic E-state index is 12.7. The van der Waals surface area contributed by atoms with Gasteiger partial charge in [0.2, 0.25) is 0 Å². The summed E-state index contributed by atoms with van der Waals surface area (Å²) in [6, 6.07) is 0. The highest BCUT2D eigenvalue weighted by molar-refractivity contribution is 7.10. The maximum atomic E-state index is 12.7. The van der Waals surface area contributed by atoms with Gasteiger partial charge in [-0.05, 0) is 6.92 Å². The van der Waals surface area contributed by atoms with Crippen LogP contribution in [-0.4, -0.2) is 4.98 Å². The highest BCUT2D eigenvalue weighted by atomic mass is 32.1. The molecule has 0 saturated carbocycles. The quantitative estimate of drug-likeness (QED) is 0.614. The van der Waals surface area contributed by atoms with E-state index >= 15 is 0 Å². The van der Waals surface area contributed by atoms with Crippen LogP contribution in [0.25, 0.3) is 0 Å². The lowest BCUT2D eigenvalue weighted by atomic mass is 10.2. The highest BCUT2D eigenvalue weighted by Gasteiger charge is 2.08. The smallest absolute Gasteiger partial charge is 0.199 e. The molecule has 0 aliphatic rings. The fourth-order valence-corrected chi connectivity index (χ4v) is 1.44. The van der Waals surface area contributed by atoms with Crippen molar-refractivity contribution in [2.75, 3.05) is 0 Å². The van der Waals surface area contributed by atoms with Crippen LogP contribution in [-0.2, 0) is 0 Å². The van der Waals surface area contributed by atoms with Crippen LogP contribution in [0.3, 0.4) is 0 Å². The average molecular weight is 159 g/mol. The number of rotatable bonds is 1. The van der Waals surface area contributed by atoms with E-state index in [0.29, 0.717) is 11.6 Å². The standard InChI is InChI=1S/C7H10FNS/c1-4(2)7-9-5(3)6(8)10-7/h4H,1-3H3. The second-order valence-corrected chi connectivity index (χ2v) is 3.55. The number of aryl methyl sites for hydroxylation is 1. The van der Waals surface area contributed by atoms with E-state index in [1.54, 1.807) is 6.92 Å². The Morgan fingerprint density at radius 3 is 2.30 bits per heavy atom. The second kappa shape index (κ2) is 2.66. The minimum Gasteiger partial charge on any atom is -0.243 e. The van der Waals surface area contributed by atoms with Gasteiger partial charge < -0.3 is 0 Å². The molecule has 0 aliphatic carbocycles. The minimum absolute atomic E-state index is 0.149. The fraction of sp³-hybridized carbons (Fsp3) is 0.571. The second-order valence-electron chi connectivity index (χ2n) is 2.57. The normalized spacial score (nSPS) is 10.9. The van der Waals surface area contributed by atoms with Crippen LogP contribution in [0.5, 0.6) is 0 Å². The number of aromatic nitrogens is 1. The van der Waals surface area contributed by atoms with Gasteiger partial charge in [0.1, 0.15) is 0 Å². The Bertz CT molecular complexity index is 210. The summed E-state index contributed by atoms with van der Waals surface area (Å²) in [6.07, 6.45) is 0. The zero-order valence-electron chi connectivity index (χ0n) is 6.31. The molecule has 1 rings (SSSR count).